The van der Waals surface area contributed by atoms with Crippen molar-refractivity contribution >= 4 is 29.2 Å². The SMILES string of the molecule is CC=CC1=C(Cl)C(O)C(Cl)C1(O)C(=O)OC. The van der Waals surface area contributed by atoms with Crippen molar-refractivity contribution in [3.8, 4) is 0 Å². The average molecular weight is 267 g/mol. The van der Waals surface area contributed by atoms with E-state index in [1.165, 1.54) is 6.08 Å². The summed E-state index contributed by atoms with van der Waals surface area (Å²) in [5, 5.41) is 18.5. The molecule has 3 unspecified atom stereocenters. The molecular formula is C10H12Cl2O4. The fourth-order valence-corrected chi connectivity index (χ4v) is 2.33. The molecule has 0 bridgehead atoms. The monoisotopic (exact) mass is 266 g/mol. The first-order valence-electron chi connectivity index (χ1n) is 4.57. The number of ether oxygens (including phenoxy) is 1. The van der Waals surface area contributed by atoms with E-state index in [1.807, 2.05) is 0 Å². The lowest BCUT2D eigenvalue weighted by Gasteiger charge is -2.25. The first-order valence-corrected chi connectivity index (χ1v) is 5.38. The lowest BCUT2D eigenvalue weighted by molar-refractivity contribution is -0.158. The summed E-state index contributed by atoms with van der Waals surface area (Å²) >= 11 is 11.6. The van der Waals surface area contributed by atoms with Crippen molar-refractivity contribution in [2.75, 3.05) is 7.11 Å². The van der Waals surface area contributed by atoms with E-state index in [0.29, 0.717) is 0 Å². The Morgan fingerprint density at radius 2 is 2.19 bits per heavy atom. The third-order valence-corrected chi connectivity index (χ3v) is 3.42. The molecule has 3 atom stereocenters. The van der Waals surface area contributed by atoms with Gasteiger partial charge in [0.25, 0.3) is 0 Å². The molecule has 0 aromatic rings. The van der Waals surface area contributed by atoms with Crippen LogP contribution < -0.4 is 0 Å². The number of aliphatic hydroxyl groups is 2. The number of aliphatic hydroxyl groups excluding tert-OH is 1. The fraction of sp³-hybridized carbons (Fsp3) is 0.500. The van der Waals surface area contributed by atoms with Gasteiger partial charge in [0.15, 0.2) is 0 Å². The standard InChI is InChI=1S/C10H12Cl2O4/c1-3-4-5-6(11)7(13)8(12)10(5,15)9(14)16-2/h3-4,7-8,13,15H,1-2H3. The molecular weight excluding hydrogens is 255 g/mol. The quantitative estimate of drug-likeness (QED) is 0.577. The van der Waals surface area contributed by atoms with Crippen molar-refractivity contribution in [1.29, 1.82) is 0 Å². The normalized spacial score (nSPS) is 34.9. The summed E-state index contributed by atoms with van der Waals surface area (Å²) in [6.45, 7) is 1.68. The maximum Gasteiger partial charge on any atom is 0.344 e. The number of carbonyl (C=O) groups excluding carboxylic acids is 1. The van der Waals surface area contributed by atoms with Gasteiger partial charge in [-0.1, -0.05) is 23.8 Å². The van der Waals surface area contributed by atoms with Gasteiger partial charge in [0, 0.05) is 5.57 Å². The van der Waals surface area contributed by atoms with Gasteiger partial charge in [-0.05, 0) is 6.92 Å². The Bertz CT molecular complexity index is 364. The topological polar surface area (TPSA) is 66.8 Å². The lowest BCUT2D eigenvalue weighted by atomic mass is 9.94. The van der Waals surface area contributed by atoms with E-state index in [-0.39, 0.29) is 10.6 Å². The van der Waals surface area contributed by atoms with Crippen molar-refractivity contribution < 1.29 is 19.7 Å². The summed E-state index contributed by atoms with van der Waals surface area (Å²) in [6.07, 6.45) is 1.71. The Hall–Kier alpha value is -0.550. The maximum absolute atomic E-state index is 11.5. The Morgan fingerprint density at radius 3 is 2.62 bits per heavy atom. The number of esters is 1. The average Bonchev–Trinajstić information content (AvgIpc) is 2.44. The molecule has 0 fully saturated rings. The molecule has 1 aliphatic rings. The van der Waals surface area contributed by atoms with E-state index in [1.54, 1.807) is 13.0 Å². The molecule has 16 heavy (non-hydrogen) atoms. The molecule has 0 spiro atoms. The number of hydrogen-bond acceptors (Lipinski definition) is 4. The van der Waals surface area contributed by atoms with Gasteiger partial charge in [0.1, 0.15) is 11.5 Å². The molecule has 1 aliphatic carbocycles. The van der Waals surface area contributed by atoms with E-state index in [0.717, 1.165) is 7.11 Å². The van der Waals surface area contributed by atoms with Gasteiger partial charge in [-0.3, -0.25) is 0 Å². The lowest BCUT2D eigenvalue weighted by Crippen LogP contribution is -2.49. The summed E-state index contributed by atoms with van der Waals surface area (Å²) in [4.78, 5) is 11.5. The van der Waals surface area contributed by atoms with Crippen LogP contribution >= 0.6 is 23.2 Å². The van der Waals surface area contributed by atoms with Gasteiger partial charge in [0.2, 0.25) is 5.60 Å². The summed E-state index contributed by atoms with van der Waals surface area (Å²) in [5.74, 6) is -0.949. The number of halogens is 2. The molecule has 4 nitrogen and oxygen atoms in total. The Labute approximate surface area is 103 Å². The van der Waals surface area contributed by atoms with Crippen LogP contribution in [-0.2, 0) is 9.53 Å². The molecule has 0 saturated carbocycles. The number of rotatable bonds is 2. The predicted octanol–water partition coefficient (Wildman–Crippen LogP) is 0.941. The third kappa shape index (κ3) is 1.76. The number of alkyl halides is 1. The van der Waals surface area contributed by atoms with Crippen LogP contribution in [0.5, 0.6) is 0 Å². The van der Waals surface area contributed by atoms with E-state index >= 15 is 0 Å². The molecule has 0 saturated heterocycles. The molecule has 0 radical (unpaired) electrons. The Morgan fingerprint density at radius 1 is 1.62 bits per heavy atom. The number of allylic oxidation sites excluding steroid dienone is 1. The van der Waals surface area contributed by atoms with E-state index < -0.39 is 23.1 Å². The zero-order valence-electron chi connectivity index (χ0n) is 8.78. The second-order valence-electron chi connectivity index (χ2n) is 3.37. The molecule has 90 valence electrons. The van der Waals surface area contributed by atoms with Gasteiger partial charge >= 0.3 is 5.97 Å². The second-order valence-corrected chi connectivity index (χ2v) is 4.24. The second kappa shape index (κ2) is 4.75. The van der Waals surface area contributed by atoms with Gasteiger partial charge in [0.05, 0.1) is 12.1 Å². The van der Waals surface area contributed by atoms with Crippen LogP contribution in [0, 0.1) is 0 Å². The van der Waals surface area contributed by atoms with E-state index in [2.05, 4.69) is 4.74 Å². The van der Waals surface area contributed by atoms with Crippen molar-refractivity contribution in [3.05, 3.63) is 22.8 Å². The summed E-state index contributed by atoms with van der Waals surface area (Å²) < 4.78 is 4.47. The van der Waals surface area contributed by atoms with Crippen molar-refractivity contribution in [2.45, 2.75) is 24.0 Å². The molecule has 0 heterocycles. The fourth-order valence-electron chi connectivity index (χ4n) is 1.60. The highest BCUT2D eigenvalue weighted by Crippen LogP contribution is 2.42. The number of carbonyl (C=O) groups is 1. The Kier molecular flexibility index (Phi) is 4.02. The summed E-state index contributed by atoms with van der Waals surface area (Å²) in [7, 11) is 1.12. The highest BCUT2D eigenvalue weighted by atomic mass is 35.5. The number of methoxy groups -OCH3 is 1. The van der Waals surface area contributed by atoms with Crippen LogP contribution in [-0.4, -0.2) is 40.4 Å². The minimum Gasteiger partial charge on any atom is -0.467 e. The van der Waals surface area contributed by atoms with E-state index in [9.17, 15) is 15.0 Å². The first kappa shape index (κ1) is 13.5. The zero-order chi connectivity index (χ0) is 12.5. The van der Waals surface area contributed by atoms with Crippen LogP contribution in [0.4, 0.5) is 0 Å². The van der Waals surface area contributed by atoms with Crippen LogP contribution in [0.1, 0.15) is 6.92 Å². The van der Waals surface area contributed by atoms with Gasteiger partial charge < -0.3 is 14.9 Å². The van der Waals surface area contributed by atoms with Crippen molar-refractivity contribution in [2.24, 2.45) is 0 Å². The molecule has 0 amide bonds. The highest BCUT2D eigenvalue weighted by Gasteiger charge is 2.56. The summed E-state index contributed by atoms with van der Waals surface area (Å²) in [6, 6.07) is 0. The van der Waals surface area contributed by atoms with Crippen LogP contribution in [0.25, 0.3) is 0 Å². The molecule has 1 rings (SSSR count). The molecule has 6 heteroatoms. The van der Waals surface area contributed by atoms with E-state index in [4.69, 9.17) is 23.2 Å². The molecule has 0 aliphatic heterocycles. The molecule has 0 aromatic carbocycles. The maximum atomic E-state index is 11.5. The zero-order valence-corrected chi connectivity index (χ0v) is 10.3. The van der Waals surface area contributed by atoms with Crippen molar-refractivity contribution in [1.82, 2.24) is 0 Å². The van der Waals surface area contributed by atoms with Gasteiger partial charge in [-0.25, -0.2) is 4.79 Å². The minimum absolute atomic E-state index is 0.0500. The van der Waals surface area contributed by atoms with Gasteiger partial charge in [-0.2, -0.15) is 0 Å². The van der Waals surface area contributed by atoms with Gasteiger partial charge in [-0.15, -0.1) is 11.6 Å². The molecule has 2 N–H and O–H groups in total. The van der Waals surface area contributed by atoms with Crippen LogP contribution in [0.3, 0.4) is 0 Å². The van der Waals surface area contributed by atoms with Crippen molar-refractivity contribution in [3.63, 3.8) is 0 Å². The Balaban J connectivity index is 3.31. The molecule has 0 aromatic heterocycles. The van der Waals surface area contributed by atoms with Crippen LogP contribution in [0.2, 0.25) is 0 Å². The van der Waals surface area contributed by atoms with Crippen LogP contribution in [0.15, 0.2) is 22.8 Å². The predicted molar refractivity (Wildman–Crippen MR) is 60.3 cm³/mol. The third-order valence-electron chi connectivity index (χ3n) is 2.43. The largest absolute Gasteiger partial charge is 0.467 e. The highest BCUT2D eigenvalue weighted by molar-refractivity contribution is 6.34. The smallest absolute Gasteiger partial charge is 0.344 e. The number of hydrogen-bond donors (Lipinski definition) is 2. The minimum atomic E-state index is -2.11. The summed E-state index contributed by atoms with van der Waals surface area (Å²) in [5.41, 5.74) is -2.05. The first-order chi connectivity index (χ1) is 7.41.